The summed E-state index contributed by atoms with van der Waals surface area (Å²) in [5.74, 6) is -0.408. The first-order valence-corrected chi connectivity index (χ1v) is 19.2. The normalized spacial score (nSPS) is 16.7. The van der Waals surface area contributed by atoms with E-state index in [0.29, 0.717) is 0 Å². The zero-order valence-corrected chi connectivity index (χ0v) is 32.9. The summed E-state index contributed by atoms with van der Waals surface area (Å²) in [6.45, 7) is 7.76. The number of amides is 2. The first kappa shape index (κ1) is 42.5. The van der Waals surface area contributed by atoms with Gasteiger partial charge >= 0.3 is 6.09 Å². The number of carbonyl (C=O) groups is 2. The van der Waals surface area contributed by atoms with Crippen molar-refractivity contribution in [2.45, 2.75) is 89.7 Å². The molecule has 1 saturated heterocycles. The summed E-state index contributed by atoms with van der Waals surface area (Å²) in [4.78, 5) is 31.0. The van der Waals surface area contributed by atoms with Gasteiger partial charge in [0.2, 0.25) is 0 Å². The highest BCUT2D eigenvalue weighted by atomic mass is 16.6. The van der Waals surface area contributed by atoms with Crippen LogP contribution in [-0.4, -0.2) is 100 Å². The fourth-order valence-electron chi connectivity index (χ4n) is 6.41. The van der Waals surface area contributed by atoms with Gasteiger partial charge in [0.25, 0.3) is 5.91 Å². The maximum absolute atomic E-state index is 14.9. The van der Waals surface area contributed by atoms with E-state index in [2.05, 4.69) is 0 Å². The molecule has 0 aliphatic carbocycles. The van der Waals surface area contributed by atoms with Gasteiger partial charge in [-0.1, -0.05) is 121 Å². The van der Waals surface area contributed by atoms with Crippen LogP contribution < -0.4 is 0 Å². The maximum atomic E-state index is 14.9. The van der Waals surface area contributed by atoms with Crippen molar-refractivity contribution in [2.75, 3.05) is 32.8 Å². The molecule has 2 amide bonds. The van der Waals surface area contributed by atoms with E-state index in [-0.39, 0.29) is 59.2 Å². The number of aliphatic hydroxyl groups is 2. The Bertz CT molecular complexity index is 1750. The fourth-order valence-corrected chi connectivity index (χ4v) is 6.41. The van der Waals surface area contributed by atoms with Crippen molar-refractivity contribution in [3.63, 3.8) is 0 Å². The molecule has 0 bridgehead atoms. The zero-order chi connectivity index (χ0) is 40.0. The molecule has 1 unspecified atom stereocenters. The molecule has 1 fully saturated rings. The Morgan fingerprint density at radius 3 is 1.48 bits per heavy atom. The van der Waals surface area contributed by atoms with E-state index in [1.54, 1.807) is 9.80 Å². The van der Waals surface area contributed by atoms with Crippen molar-refractivity contribution in [1.82, 2.24) is 9.80 Å². The molecule has 0 radical (unpaired) electrons. The topological polar surface area (TPSA) is 127 Å². The van der Waals surface area contributed by atoms with Crippen LogP contribution in [0.25, 0.3) is 0 Å². The van der Waals surface area contributed by atoms with Crippen molar-refractivity contribution in [1.29, 1.82) is 0 Å². The molecule has 11 nitrogen and oxygen atoms in total. The van der Waals surface area contributed by atoms with Gasteiger partial charge in [-0.2, -0.15) is 0 Å². The Morgan fingerprint density at radius 1 is 0.625 bits per heavy atom. The number of hydrogen-bond donors (Lipinski definition) is 2. The van der Waals surface area contributed by atoms with Crippen LogP contribution in [-0.2, 0) is 54.9 Å². The van der Waals surface area contributed by atoms with Gasteiger partial charge in [-0.25, -0.2) is 4.79 Å². The van der Waals surface area contributed by atoms with Crippen LogP contribution >= 0.6 is 0 Å². The van der Waals surface area contributed by atoms with Crippen molar-refractivity contribution in [3.05, 3.63) is 144 Å². The van der Waals surface area contributed by atoms with Crippen LogP contribution in [0, 0.1) is 0 Å². The number of aliphatic hydroxyl groups excluding tert-OH is 1. The van der Waals surface area contributed by atoms with Gasteiger partial charge < -0.3 is 43.7 Å². The second-order valence-corrected chi connectivity index (χ2v) is 15.1. The molecule has 1 aliphatic heterocycles. The van der Waals surface area contributed by atoms with E-state index in [4.69, 9.17) is 23.7 Å². The SMILES string of the molecule is CC(O)[C@@](O)(COCc1ccccc1)[C@@H](OCc1ccccc1)[C@H](OCc1ccccc1)[C@@H](OCc1ccccc1)C(=O)N1CCN(C(=O)OC(C)(C)C)CC1. The summed E-state index contributed by atoms with van der Waals surface area (Å²) in [5.41, 5.74) is 0.576. The van der Waals surface area contributed by atoms with E-state index in [9.17, 15) is 19.8 Å². The lowest BCUT2D eigenvalue weighted by Crippen LogP contribution is -2.65. The smallest absolute Gasteiger partial charge is 0.410 e. The molecule has 300 valence electrons. The Balaban J connectivity index is 1.52. The average Bonchev–Trinajstić information content (AvgIpc) is 3.20. The summed E-state index contributed by atoms with van der Waals surface area (Å²) in [6.07, 6.45) is -5.79. The summed E-state index contributed by atoms with van der Waals surface area (Å²) < 4.78 is 31.6. The van der Waals surface area contributed by atoms with Crippen LogP contribution in [0.2, 0.25) is 0 Å². The van der Waals surface area contributed by atoms with E-state index < -0.39 is 47.6 Å². The largest absolute Gasteiger partial charge is 0.444 e. The standard InChI is InChI=1S/C45H56N2O9/c1-34(48)45(51,33-52-29-35-17-9-5-10-18-35)41(55-32-38-23-15-8-16-24-38)39(53-30-36-19-11-6-12-20-36)40(54-31-37-21-13-7-14-22-37)42(49)46-25-27-47(28-26-46)43(50)56-44(2,3)4/h5-24,34,39-41,48,51H,25-33H2,1-4H3/t34?,39-,40-,41+,45+/m1/s1. The predicted molar refractivity (Wildman–Crippen MR) is 212 cm³/mol. The molecule has 2 N–H and O–H groups in total. The van der Waals surface area contributed by atoms with Crippen molar-refractivity contribution in [2.24, 2.45) is 0 Å². The van der Waals surface area contributed by atoms with Crippen molar-refractivity contribution < 1.29 is 43.5 Å². The minimum atomic E-state index is -2.09. The number of carbonyl (C=O) groups excluding carboxylic acids is 2. The van der Waals surface area contributed by atoms with Gasteiger partial charge in [-0.05, 0) is 49.9 Å². The molecule has 11 heteroatoms. The maximum Gasteiger partial charge on any atom is 0.410 e. The second kappa shape index (κ2) is 20.5. The molecule has 0 spiro atoms. The lowest BCUT2D eigenvalue weighted by Gasteiger charge is -2.44. The number of rotatable bonds is 18. The average molecular weight is 769 g/mol. The monoisotopic (exact) mass is 768 g/mol. The van der Waals surface area contributed by atoms with E-state index >= 15 is 0 Å². The number of hydrogen-bond acceptors (Lipinski definition) is 9. The number of ether oxygens (including phenoxy) is 5. The first-order chi connectivity index (χ1) is 26.9. The van der Waals surface area contributed by atoms with E-state index in [1.165, 1.54) is 6.92 Å². The Kier molecular flexibility index (Phi) is 15.6. The molecule has 0 saturated carbocycles. The molecule has 0 aromatic heterocycles. The van der Waals surface area contributed by atoms with E-state index in [0.717, 1.165) is 22.3 Å². The molecule has 56 heavy (non-hydrogen) atoms. The van der Waals surface area contributed by atoms with Crippen molar-refractivity contribution >= 4 is 12.0 Å². The predicted octanol–water partition coefficient (Wildman–Crippen LogP) is 6.15. The fraction of sp³-hybridized carbons (Fsp3) is 0.422. The van der Waals surface area contributed by atoms with Gasteiger partial charge in [-0.15, -0.1) is 0 Å². The molecule has 4 aromatic rings. The highest BCUT2D eigenvalue weighted by Crippen LogP contribution is 2.31. The Morgan fingerprint density at radius 2 is 1.04 bits per heavy atom. The van der Waals surface area contributed by atoms with Gasteiger partial charge in [0, 0.05) is 26.2 Å². The summed E-state index contributed by atoms with van der Waals surface area (Å²) in [7, 11) is 0. The van der Waals surface area contributed by atoms with Gasteiger partial charge in [0.1, 0.15) is 23.4 Å². The Hall–Kier alpha value is -4.62. The number of benzene rings is 4. The highest BCUT2D eigenvalue weighted by Gasteiger charge is 2.52. The summed E-state index contributed by atoms with van der Waals surface area (Å²) in [6, 6.07) is 37.9. The van der Waals surface area contributed by atoms with Gasteiger partial charge in [0.15, 0.2) is 6.10 Å². The third-order valence-corrected chi connectivity index (χ3v) is 9.57. The lowest BCUT2D eigenvalue weighted by atomic mass is 9.85. The first-order valence-electron chi connectivity index (χ1n) is 19.2. The molecular weight excluding hydrogens is 713 g/mol. The van der Waals surface area contributed by atoms with Crippen LogP contribution in [0.3, 0.4) is 0 Å². The van der Waals surface area contributed by atoms with Crippen LogP contribution in [0.5, 0.6) is 0 Å². The lowest BCUT2D eigenvalue weighted by molar-refractivity contribution is -0.247. The van der Waals surface area contributed by atoms with E-state index in [1.807, 2.05) is 142 Å². The second-order valence-electron chi connectivity index (χ2n) is 15.1. The van der Waals surface area contributed by atoms with Crippen LogP contribution in [0.1, 0.15) is 49.9 Å². The Labute approximate surface area is 330 Å². The third-order valence-electron chi connectivity index (χ3n) is 9.57. The van der Waals surface area contributed by atoms with Crippen LogP contribution in [0.4, 0.5) is 4.79 Å². The molecule has 1 aliphatic rings. The quantitative estimate of drug-likeness (QED) is 0.123. The summed E-state index contributed by atoms with van der Waals surface area (Å²) in [5, 5.41) is 24.1. The molecule has 1 heterocycles. The van der Waals surface area contributed by atoms with Gasteiger partial charge in [0.05, 0.1) is 39.1 Å². The number of nitrogens with zero attached hydrogens (tertiary/aromatic N) is 2. The molecule has 5 rings (SSSR count). The summed E-state index contributed by atoms with van der Waals surface area (Å²) >= 11 is 0. The third kappa shape index (κ3) is 12.4. The number of piperazine rings is 1. The van der Waals surface area contributed by atoms with Crippen molar-refractivity contribution in [3.8, 4) is 0 Å². The minimum Gasteiger partial charge on any atom is -0.444 e. The molecular formula is C45H56N2O9. The highest BCUT2D eigenvalue weighted by molar-refractivity contribution is 5.82. The minimum absolute atomic E-state index is 0.0264. The molecule has 4 aromatic carbocycles. The molecule has 5 atom stereocenters. The van der Waals surface area contributed by atoms with Crippen LogP contribution in [0.15, 0.2) is 121 Å². The zero-order valence-electron chi connectivity index (χ0n) is 32.9. The van der Waals surface area contributed by atoms with Gasteiger partial charge in [-0.3, -0.25) is 4.79 Å².